The van der Waals surface area contributed by atoms with E-state index in [1.807, 2.05) is 6.07 Å². The number of anilines is 1. The van der Waals surface area contributed by atoms with Crippen molar-refractivity contribution >= 4 is 30.0 Å². The lowest BCUT2D eigenvalue weighted by atomic mass is 9.93. The van der Waals surface area contributed by atoms with E-state index in [-0.39, 0.29) is 41.9 Å². The van der Waals surface area contributed by atoms with Gasteiger partial charge in [0.05, 0.1) is 18.4 Å². The van der Waals surface area contributed by atoms with E-state index in [9.17, 15) is 18.0 Å². The van der Waals surface area contributed by atoms with E-state index in [1.54, 1.807) is 19.1 Å². The van der Waals surface area contributed by atoms with Crippen LogP contribution in [-0.4, -0.2) is 62.4 Å². The zero-order valence-electron chi connectivity index (χ0n) is 21.5. The van der Waals surface area contributed by atoms with Gasteiger partial charge in [0.25, 0.3) is 5.91 Å². The molecule has 1 aliphatic carbocycles. The second kappa shape index (κ2) is 10.8. The zero-order chi connectivity index (χ0) is 27.7. The van der Waals surface area contributed by atoms with Gasteiger partial charge in [-0.15, -0.1) is 0 Å². The summed E-state index contributed by atoms with van der Waals surface area (Å²) in [7, 11) is 0. The van der Waals surface area contributed by atoms with Crippen LogP contribution in [-0.2, 0) is 0 Å². The molecule has 1 amide bonds. The number of carbonyl (C=O) groups is 1. The Morgan fingerprint density at radius 3 is 2.54 bits per heavy atom. The fourth-order valence-electron chi connectivity index (χ4n) is 4.96. The maximum Gasteiger partial charge on any atom is 0.401 e. The molecule has 3 heterocycles. The predicted molar refractivity (Wildman–Crippen MR) is 140 cm³/mol. The average Bonchev–Trinajstić information content (AvgIpc) is 3.54. The van der Waals surface area contributed by atoms with Crippen molar-refractivity contribution in [2.45, 2.75) is 50.6 Å². The van der Waals surface area contributed by atoms with Crippen molar-refractivity contribution in [3.8, 4) is 5.69 Å². The van der Waals surface area contributed by atoms with Crippen LogP contribution in [0.3, 0.4) is 0 Å². The molecule has 1 aromatic carbocycles. The molecule has 2 aromatic heterocycles. The molecular weight excluding hydrogens is 514 g/mol. The Kier molecular flexibility index (Phi) is 7.39. The number of aliphatic imine (C=N–C) groups is 1. The molecule has 1 N–H and O–H groups in total. The Morgan fingerprint density at radius 1 is 1.18 bits per heavy atom. The third kappa shape index (κ3) is 5.95. The Morgan fingerprint density at radius 2 is 1.92 bits per heavy atom. The number of halogens is 4. The maximum atomic E-state index is 15.3. The number of piperidine rings is 1. The molecule has 1 saturated heterocycles. The summed E-state index contributed by atoms with van der Waals surface area (Å²) in [5.41, 5.74) is 1.86. The molecule has 2 aliphatic rings. The van der Waals surface area contributed by atoms with Crippen molar-refractivity contribution in [3.63, 3.8) is 0 Å². The first-order valence-electron chi connectivity index (χ1n) is 12.9. The summed E-state index contributed by atoms with van der Waals surface area (Å²) >= 11 is 0. The molecule has 0 bridgehead atoms. The molecule has 0 atom stereocenters. The van der Waals surface area contributed by atoms with Gasteiger partial charge in [-0.3, -0.25) is 9.69 Å². The van der Waals surface area contributed by atoms with Gasteiger partial charge in [0.2, 0.25) is 0 Å². The second-order valence-electron chi connectivity index (χ2n) is 9.87. The van der Waals surface area contributed by atoms with Gasteiger partial charge in [-0.25, -0.2) is 18.7 Å². The van der Waals surface area contributed by atoms with E-state index >= 15 is 4.39 Å². The van der Waals surface area contributed by atoms with Gasteiger partial charge in [0, 0.05) is 24.4 Å². The number of benzene rings is 1. The normalized spacial score (nSPS) is 17.2. The quantitative estimate of drug-likeness (QED) is 0.283. The van der Waals surface area contributed by atoms with Crippen molar-refractivity contribution in [3.05, 3.63) is 59.7 Å². The highest BCUT2D eigenvalue weighted by Crippen LogP contribution is 2.41. The number of alkyl halides is 3. The Bertz CT molecular complexity index is 1400. The first-order valence-corrected chi connectivity index (χ1v) is 12.9. The number of carbonyl (C=O) groups excluding carboxylic acids is 1. The molecule has 5 rings (SSSR count). The highest BCUT2D eigenvalue weighted by Gasteiger charge is 2.34. The van der Waals surface area contributed by atoms with Crippen LogP contribution in [0.5, 0.6) is 0 Å². The number of hydrogen-bond acceptors (Lipinski definition) is 5. The lowest BCUT2D eigenvalue weighted by Crippen LogP contribution is -2.39. The minimum atomic E-state index is -4.25. The Labute approximate surface area is 223 Å². The number of hydrogen-bond donors (Lipinski definition) is 1. The minimum Gasteiger partial charge on any atom is -0.306 e. The van der Waals surface area contributed by atoms with Gasteiger partial charge >= 0.3 is 6.18 Å². The van der Waals surface area contributed by atoms with Crippen molar-refractivity contribution in [2.24, 2.45) is 4.99 Å². The first-order chi connectivity index (χ1) is 18.7. The maximum absolute atomic E-state index is 15.3. The smallest absolute Gasteiger partial charge is 0.306 e. The summed E-state index contributed by atoms with van der Waals surface area (Å²) in [5, 5.41) is 11.6. The molecule has 1 saturated carbocycles. The SMILES string of the molecule is C=Cn1ncc(C(=O)Nc2cc(C3CCN(CC(F)(F)F)CC3)nn2-c2ccc(C3CC3)cc2F)c1/N=C\C. The molecule has 3 aromatic rings. The molecule has 206 valence electrons. The van der Waals surface area contributed by atoms with E-state index in [0.29, 0.717) is 24.5 Å². The van der Waals surface area contributed by atoms with E-state index in [0.717, 1.165) is 18.4 Å². The lowest BCUT2D eigenvalue weighted by Gasteiger charge is -2.31. The van der Waals surface area contributed by atoms with Crippen molar-refractivity contribution in [2.75, 3.05) is 25.0 Å². The van der Waals surface area contributed by atoms with Crippen molar-refractivity contribution < 1.29 is 22.4 Å². The van der Waals surface area contributed by atoms with Gasteiger partial charge in [0.1, 0.15) is 22.9 Å². The van der Waals surface area contributed by atoms with Crippen LogP contribution in [0.25, 0.3) is 11.9 Å². The molecule has 8 nitrogen and oxygen atoms in total. The third-order valence-corrected chi connectivity index (χ3v) is 7.07. The number of amides is 1. The van der Waals surface area contributed by atoms with Crippen LogP contribution < -0.4 is 5.32 Å². The fraction of sp³-hybridized carbons (Fsp3) is 0.407. The first kappa shape index (κ1) is 26.8. The van der Waals surface area contributed by atoms with E-state index in [4.69, 9.17) is 0 Å². The Balaban J connectivity index is 1.45. The number of rotatable bonds is 8. The zero-order valence-corrected chi connectivity index (χ0v) is 21.5. The van der Waals surface area contributed by atoms with Crippen LogP contribution in [0.4, 0.5) is 29.2 Å². The summed E-state index contributed by atoms with van der Waals surface area (Å²) < 4.78 is 56.5. The van der Waals surface area contributed by atoms with Gasteiger partial charge in [-0.2, -0.15) is 23.4 Å². The monoisotopic (exact) mass is 543 g/mol. The predicted octanol–water partition coefficient (Wildman–Crippen LogP) is 5.90. The number of nitrogens with one attached hydrogen (secondary N) is 1. The summed E-state index contributed by atoms with van der Waals surface area (Å²) in [6, 6.07) is 6.67. The van der Waals surface area contributed by atoms with Crippen molar-refractivity contribution in [1.29, 1.82) is 0 Å². The number of nitrogens with zero attached hydrogens (tertiary/aromatic N) is 6. The highest BCUT2D eigenvalue weighted by atomic mass is 19.4. The van der Waals surface area contributed by atoms with Gasteiger partial charge in [-0.1, -0.05) is 12.6 Å². The standard InChI is InChI=1S/C27H29F4N7O/c1-3-32-25-20(15-33-37(25)4-2)26(39)34-24-14-22(18-9-11-36(12-10-18)16-27(29,30)31)35-38(24)23-8-7-19(13-21(23)28)17-5-6-17/h3-4,7-8,13-15,17-18H,2,5-6,9-12,16H2,1H3,(H,34,39)/b32-3-. The summed E-state index contributed by atoms with van der Waals surface area (Å²) in [6.45, 7) is 4.96. The molecule has 2 fully saturated rings. The van der Waals surface area contributed by atoms with E-state index in [2.05, 4.69) is 27.1 Å². The summed E-state index contributed by atoms with van der Waals surface area (Å²) in [5.74, 6) is -0.241. The largest absolute Gasteiger partial charge is 0.401 e. The molecule has 0 spiro atoms. The van der Waals surface area contributed by atoms with Crippen LogP contribution in [0.1, 0.15) is 66.1 Å². The third-order valence-electron chi connectivity index (χ3n) is 7.07. The summed E-state index contributed by atoms with van der Waals surface area (Å²) in [4.78, 5) is 18.9. The Hall–Kier alpha value is -3.80. The molecule has 12 heteroatoms. The number of aromatic nitrogens is 4. The van der Waals surface area contributed by atoms with Gasteiger partial charge < -0.3 is 5.32 Å². The van der Waals surface area contributed by atoms with Crippen LogP contribution in [0, 0.1) is 5.82 Å². The highest BCUT2D eigenvalue weighted by molar-refractivity contribution is 6.07. The van der Waals surface area contributed by atoms with Crippen molar-refractivity contribution in [1.82, 2.24) is 24.5 Å². The van der Waals surface area contributed by atoms with Crippen LogP contribution >= 0.6 is 0 Å². The fourth-order valence-corrected chi connectivity index (χ4v) is 4.96. The van der Waals surface area contributed by atoms with Gasteiger partial charge in [-0.05, 0) is 69.3 Å². The molecule has 0 radical (unpaired) electrons. The van der Waals surface area contributed by atoms with E-state index < -0.39 is 24.4 Å². The summed E-state index contributed by atoms with van der Waals surface area (Å²) in [6.07, 6.45) is 3.04. The number of likely N-dealkylation sites (tertiary alicyclic amines) is 1. The topological polar surface area (TPSA) is 80.3 Å². The van der Waals surface area contributed by atoms with Gasteiger partial charge in [0.15, 0.2) is 5.82 Å². The minimum absolute atomic E-state index is 0.135. The lowest BCUT2D eigenvalue weighted by molar-refractivity contribution is -0.147. The average molecular weight is 544 g/mol. The molecule has 0 unspecified atom stereocenters. The second-order valence-corrected chi connectivity index (χ2v) is 9.87. The molecule has 1 aliphatic heterocycles. The van der Waals surface area contributed by atoms with Crippen LogP contribution in [0.15, 0.2) is 42.0 Å². The van der Waals surface area contributed by atoms with Crippen LogP contribution in [0.2, 0.25) is 0 Å². The molecular formula is C27H29F4N7O. The molecule has 39 heavy (non-hydrogen) atoms. The van der Waals surface area contributed by atoms with E-state index in [1.165, 1.54) is 38.9 Å².